The lowest BCUT2D eigenvalue weighted by atomic mass is 9.90. The van der Waals surface area contributed by atoms with E-state index in [0.29, 0.717) is 32.5 Å². The van der Waals surface area contributed by atoms with E-state index in [-0.39, 0.29) is 32.3 Å². The number of pyridine rings is 1. The molecular weight excluding hydrogens is 690 g/mol. The Labute approximate surface area is 321 Å². The molecule has 2 aliphatic rings. The van der Waals surface area contributed by atoms with Crippen molar-refractivity contribution in [3.05, 3.63) is 65.5 Å². The molecule has 4 rings (SSSR count). The van der Waals surface area contributed by atoms with Crippen LogP contribution in [0.2, 0.25) is 0 Å². The summed E-state index contributed by atoms with van der Waals surface area (Å²) in [6.07, 6.45) is 3.30. The molecule has 1 aromatic carbocycles. The smallest absolute Gasteiger partial charge is 0.419 e. The Hall–Kier alpha value is -4.39. The number of unbranched alkanes of at least 4 members (excludes halogenated alkanes) is 1. The molecular formula is C41H61N5O8. The number of piperazine rings is 1. The molecule has 1 fully saturated rings. The second kappa shape index (κ2) is 18.3. The van der Waals surface area contributed by atoms with Gasteiger partial charge in [0.25, 0.3) is 0 Å². The lowest BCUT2D eigenvalue weighted by Gasteiger charge is -2.44. The Balaban J connectivity index is 1.56. The van der Waals surface area contributed by atoms with E-state index in [2.05, 4.69) is 11.0 Å². The monoisotopic (exact) mass is 751 g/mol. The first-order valence-corrected chi connectivity index (χ1v) is 19.2. The zero-order valence-electron chi connectivity index (χ0n) is 33.8. The highest BCUT2D eigenvalue weighted by Crippen LogP contribution is 2.34. The highest BCUT2D eigenvalue weighted by atomic mass is 16.6. The van der Waals surface area contributed by atoms with E-state index in [1.165, 1.54) is 5.56 Å². The summed E-state index contributed by atoms with van der Waals surface area (Å²) in [5.41, 5.74) is 0.800. The lowest BCUT2D eigenvalue weighted by molar-refractivity contribution is -0.0124. The summed E-state index contributed by atoms with van der Waals surface area (Å²) in [6.45, 7) is 18.1. The molecule has 54 heavy (non-hydrogen) atoms. The number of imide groups is 1. The van der Waals surface area contributed by atoms with Gasteiger partial charge in [0.2, 0.25) is 0 Å². The van der Waals surface area contributed by atoms with E-state index in [1.807, 2.05) is 63.4 Å². The summed E-state index contributed by atoms with van der Waals surface area (Å²) in [7, 11) is 0. The molecule has 0 bridgehead atoms. The van der Waals surface area contributed by atoms with Crippen LogP contribution in [0.15, 0.2) is 48.7 Å². The summed E-state index contributed by atoms with van der Waals surface area (Å²) >= 11 is 0. The minimum atomic E-state index is -0.794. The molecule has 1 unspecified atom stereocenters. The summed E-state index contributed by atoms with van der Waals surface area (Å²) in [5.74, 6) is 0. The number of rotatable bonds is 10. The van der Waals surface area contributed by atoms with Gasteiger partial charge in [0, 0.05) is 38.9 Å². The van der Waals surface area contributed by atoms with Gasteiger partial charge in [-0.3, -0.25) is 9.88 Å². The van der Waals surface area contributed by atoms with Gasteiger partial charge in [-0.1, -0.05) is 36.4 Å². The third-order valence-electron chi connectivity index (χ3n) is 8.93. The molecule has 0 radical (unpaired) electrons. The molecule has 2 heterocycles. The maximum atomic E-state index is 13.7. The molecule has 1 aliphatic heterocycles. The van der Waals surface area contributed by atoms with Crippen LogP contribution in [-0.4, -0.2) is 111 Å². The fraction of sp³-hybridized carbons (Fsp3) is 0.634. The number of benzene rings is 1. The minimum absolute atomic E-state index is 0.0383. The number of fused-ring (bicyclic) bond motifs is 1. The van der Waals surface area contributed by atoms with Gasteiger partial charge in [0.15, 0.2) is 0 Å². The Bertz CT molecular complexity index is 1540. The van der Waals surface area contributed by atoms with Gasteiger partial charge in [0.05, 0.1) is 17.8 Å². The van der Waals surface area contributed by atoms with E-state index >= 15 is 0 Å². The molecule has 0 N–H and O–H groups in total. The quantitative estimate of drug-likeness (QED) is 0.174. The molecule has 2 atom stereocenters. The molecule has 1 saturated heterocycles. The maximum Gasteiger partial charge on any atom is 0.419 e. The SMILES string of the molecule is CC(C)(C)OC(=O)N(CCCCN(CC1CN(C(=O)OCc2ccccc2)CCN1C(=O)OC(C)(C)C)[C@H]1CCCc2cccnc21)C(=O)OC(C)(C)C. The van der Waals surface area contributed by atoms with Crippen LogP contribution in [0.5, 0.6) is 0 Å². The van der Waals surface area contributed by atoms with Crippen molar-refractivity contribution in [2.24, 2.45) is 0 Å². The van der Waals surface area contributed by atoms with Crippen LogP contribution in [0.3, 0.4) is 0 Å². The molecule has 13 nitrogen and oxygen atoms in total. The van der Waals surface area contributed by atoms with Crippen molar-refractivity contribution in [1.29, 1.82) is 0 Å². The first-order chi connectivity index (χ1) is 25.3. The summed E-state index contributed by atoms with van der Waals surface area (Å²) < 4.78 is 22.7. The Morgan fingerprint density at radius 3 is 2.04 bits per heavy atom. The van der Waals surface area contributed by atoms with Gasteiger partial charge in [0.1, 0.15) is 23.4 Å². The molecule has 4 amide bonds. The number of amides is 4. The van der Waals surface area contributed by atoms with Crippen LogP contribution in [0.1, 0.15) is 111 Å². The zero-order chi connectivity index (χ0) is 39.7. The molecule has 298 valence electrons. The van der Waals surface area contributed by atoms with Crippen molar-refractivity contribution in [3.8, 4) is 0 Å². The first-order valence-electron chi connectivity index (χ1n) is 19.2. The van der Waals surface area contributed by atoms with Crippen LogP contribution in [0, 0.1) is 0 Å². The average Bonchev–Trinajstić information content (AvgIpc) is 3.07. The van der Waals surface area contributed by atoms with Crippen LogP contribution >= 0.6 is 0 Å². The Morgan fingerprint density at radius 2 is 1.41 bits per heavy atom. The Morgan fingerprint density at radius 1 is 0.778 bits per heavy atom. The molecule has 1 aromatic heterocycles. The highest BCUT2D eigenvalue weighted by Gasteiger charge is 2.39. The number of hydrogen-bond acceptors (Lipinski definition) is 10. The second-order valence-corrected chi connectivity index (χ2v) is 17.1. The summed E-state index contributed by atoms with van der Waals surface area (Å²) in [6, 6.07) is 13.2. The number of nitrogens with zero attached hydrogens (tertiary/aromatic N) is 5. The predicted molar refractivity (Wildman–Crippen MR) is 205 cm³/mol. The number of hydrogen-bond donors (Lipinski definition) is 0. The summed E-state index contributed by atoms with van der Waals surface area (Å²) in [5, 5.41) is 0. The number of carbonyl (C=O) groups excluding carboxylic acids is 4. The molecule has 13 heteroatoms. The number of aryl methyl sites for hydroxylation is 1. The fourth-order valence-electron chi connectivity index (χ4n) is 6.61. The zero-order valence-corrected chi connectivity index (χ0v) is 33.8. The average molecular weight is 752 g/mol. The van der Waals surface area contributed by atoms with Gasteiger partial charge in [-0.25, -0.2) is 24.1 Å². The number of aromatic nitrogens is 1. The second-order valence-electron chi connectivity index (χ2n) is 17.1. The van der Waals surface area contributed by atoms with Crippen LogP contribution in [0.4, 0.5) is 19.2 Å². The highest BCUT2D eigenvalue weighted by molar-refractivity contribution is 5.88. The van der Waals surface area contributed by atoms with E-state index < -0.39 is 47.2 Å². The first kappa shape index (κ1) is 42.4. The van der Waals surface area contributed by atoms with Gasteiger partial charge in [-0.2, -0.15) is 0 Å². The lowest BCUT2D eigenvalue weighted by Crippen LogP contribution is -2.60. The molecule has 2 aromatic rings. The van der Waals surface area contributed by atoms with Crippen molar-refractivity contribution < 1.29 is 38.1 Å². The van der Waals surface area contributed by atoms with Crippen LogP contribution in [0.25, 0.3) is 0 Å². The van der Waals surface area contributed by atoms with Crippen LogP contribution < -0.4 is 0 Å². The van der Waals surface area contributed by atoms with Crippen molar-refractivity contribution in [2.45, 2.75) is 130 Å². The van der Waals surface area contributed by atoms with Crippen molar-refractivity contribution in [3.63, 3.8) is 0 Å². The van der Waals surface area contributed by atoms with E-state index in [9.17, 15) is 19.2 Å². The van der Waals surface area contributed by atoms with Crippen molar-refractivity contribution >= 4 is 24.4 Å². The van der Waals surface area contributed by atoms with Gasteiger partial charge in [-0.15, -0.1) is 0 Å². The topological polar surface area (TPSA) is 131 Å². The molecule has 1 aliphatic carbocycles. The number of carbonyl (C=O) groups is 4. The van der Waals surface area contributed by atoms with Gasteiger partial charge in [-0.05, 0) is 118 Å². The van der Waals surface area contributed by atoms with Crippen molar-refractivity contribution in [1.82, 2.24) is 24.6 Å². The normalized spacial score (nSPS) is 17.7. The van der Waals surface area contributed by atoms with E-state index in [0.717, 1.165) is 35.4 Å². The third-order valence-corrected chi connectivity index (χ3v) is 8.93. The van der Waals surface area contributed by atoms with Gasteiger partial charge >= 0.3 is 24.4 Å². The van der Waals surface area contributed by atoms with Gasteiger partial charge < -0.3 is 28.7 Å². The van der Waals surface area contributed by atoms with Crippen LogP contribution in [-0.2, 0) is 32.0 Å². The fourth-order valence-corrected chi connectivity index (χ4v) is 6.61. The van der Waals surface area contributed by atoms with Crippen molar-refractivity contribution in [2.75, 3.05) is 39.3 Å². The predicted octanol–water partition coefficient (Wildman–Crippen LogP) is 7.97. The summed E-state index contributed by atoms with van der Waals surface area (Å²) in [4.78, 5) is 65.0. The maximum absolute atomic E-state index is 13.7. The van der Waals surface area contributed by atoms with E-state index in [4.69, 9.17) is 23.9 Å². The standard InChI is InChI=1S/C41H61N5O8/c1-39(2,3)52-36(48)45-26-25-44(35(47)51-29-30-17-11-10-12-18-30)28-32(45)27-43(33-21-15-19-31-20-16-22-42-34(31)33)23-13-14-24-46(37(49)53-40(4,5)6)38(50)54-41(7,8)9/h10-12,16-18,20,22,32-33H,13-15,19,21,23-29H2,1-9H3/t32?,33-/m0/s1. The molecule has 0 saturated carbocycles. The third kappa shape index (κ3) is 13.2. The largest absolute Gasteiger partial charge is 0.445 e. The number of ether oxygens (including phenoxy) is 4. The van der Waals surface area contributed by atoms with E-state index in [1.54, 1.807) is 51.3 Å². The Kier molecular flexibility index (Phi) is 14.3. The molecule has 0 spiro atoms. The minimum Gasteiger partial charge on any atom is -0.445 e.